The molecule has 29 heavy (non-hydrogen) atoms. The van der Waals surface area contributed by atoms with Gasteiger partial charge in [-0.15, -0.1) is 0 Å². The highest BCUT2D eigenvalue weighted by Crippen LogP contribution is 2.23. The van der Waals surface area contributed by atoms with Crippen LogP contribution in [-0.4, -0.2) is 56.1 Å². The van der Waals surface area contributed by atoms with Gasteiger partial charge in [-0.05, 0) is 41.5 Å². The van der Waals surface area contributed by atoms with Crippen molar-refractivity contribution in [3.63, 3.8) is 0 Å². The molecule has 0 amide bonds. The van der Waals surface area contributed by atoms with Gasteiger partial charge in [-0.2, -0.15) is 4.31 Å². The fourth-order valence-electron chi connectivity index (χ4n) is 1.96. The van der Waals surface area contributed by atoms with E-state index in [-0.39, 0.29) is 18.8 Å². The van der Waals surface area contributed by atoms with Gasteiger partial charge in [-0.3, -0.25) is 14.4 Å². The van der Waals surface area contributed by atoms with E-state index in [4.69, 9.17) is 9.47 Å². The molecule has 170 valence electrons. The van der Waals surface area contributed by atoms with Gasteiger partial charge >= 0.3 is 11.9 Å². The van der Waals surface area contributed by atoms with Crippen LogP contribution in [0.25, 0.3) is 0 Å². The second-order valence-electron chi connectivity index (χ2n) is 10.3. The number of ether oxygens (including phenoxy) is 2. The Balaban J connectivity index is 5.74. The van der Waals surface area contributed by atoms with Gasteiger partial charge in [0, 0.05) is 11.8 Å². The van der Waals surface area contributed by atoms with Gasteiger partial charge < -0.3 is 9.47 Å². The van der Waals surface area contributed by atoms with Crippen molar-refractivity contribution < 1.29 is 32.3 Å². The molecular formula is C20H37NO7S. The van der Waals surface area contributed by atoms with E-state index in [0.29, 0.717) is 0 Å². The van der Waals surface area contributed by atoms with Crippen LogP contribution in [0.15, 0.2) is 0 Å². The van der Waals surface area contributed by atoms with Crippen LogP contribution < -0.4 is 0 Å². The van der Waals surface area contributed by atoms with Crippen molar-refractivity contribution in [3.8, 4) is 0 Å². The zero-order chi connectivity index (χ0) is 23.4. The highest BCUT2D eigenvalue weighted by atomic mass is 32.2. The van der Waals surface area contributed by atoms with Crippen molar-refractivity contribution in [1.29, 1.82) is 0 Å². The van der Waals surface area contributed by atoms with Crippen LogP contribution in [0.2, 0.25) is 0 Å². The molecule has 0 aliphatic rings. The van der Waals surface area contributed by atoms with Gasteiger partial charge in [-0.1, -0.05) is 20.8 Å². The smallest absolute Gasteiger partial charge is 0.312 e. The van der Waals surface area contributed by atoms with E-state index in [9.17, 15) is 22.8 Å². The van der Waals surface area contributed by atoms with Gasteiger partial charge in [0.05, 0.1) is 23.1 Å². The highest BCUT2D eigenvalue weighted by Gasteiger charge is 2.36. The molecule has 1 unspecified atom stereocenters. The number of esters is 2. The molecule has 0 bridgehead atoms. The number of sulfonamides is 1. The molecule has 0 fully saturated rings. The first-order chi connectivity index (χ1) is 12.7. The Morgan fingerprint density at radius 1 is 0.793 bits per heavy atom. The third-order valence-electron chi connectivity index (χ3n) is 4.05. The lowest BCUT2D eigenvalue weighted by Gasteiger charge is -2.31. The van der Waals surface area contributed by atoms with Crippen LogP contribution >= 0.6 is 0 Å². The summed E-state index contributed by atoms with van der Waals surface area (Å²) in [6.45, 7) is 14.2. The van der Waals surface area contributed by atoms with E-state index in [1.807, 2.05) is 0 Å². The van der Waals surface area contributed by atoms with Gasteiger partial charge in [-0.25, -0.2) is 8.42 Å². The first-order valence-corrected chi connectivity index (χ1v) is 11.4. The predicted molar refractivity (Wildman–Crippen MR) is 110 cm³/mol. The van der Waals surface area contributed by atoms with Crippen LogP contribution in [-0.2, 0) is 33.9 Å². The summed E-state index contributed by atoms with van der Waals surface area (Å²) in [6.07, 6.45) is 0.777. The lowest BCUT2D eigenvalue weighted by atomic mass is 9.87. The Morgan fingerprint density at radius 2 is 1.21 bits per heavy atom. The monoisotopic (exact) mass is 435 g/mol. The maximum atomic E-state index is 12.6. The zero-order valence-electron chi connectivity index (χ0n) is 19.4. The third-order valence-corrected chi connectivity index (χ3v) is 5.30. The minimum absolute atomic E-state index is 0.180. The summed E-state index contributed by atoms with van der Waals surface area (Å²) < 4.78 is 36.1. The first kappa shape index (κ1) is 27.5. The summed E-state index contributed by atoms with van der Waals surface area (Å²) in [5.41, 5.74) is -2.32. The van der Waals surface area contributed by atoms with Gasteiger partial charge in [0.15, 0.2) is 6.73 Å². The lowest BCUT2D eigenvalue weighted by molar-refractivity contribution is -0.160. The van der Waals surface area contributed by atoms with Crippen molar-refractivity contribution in [3.05, 3.63) is 0 Å². The van der Waals surface area contributed by atoms with E-state index >= 15 is 0 Å². The second-order valence-corrected chi connectivity index (χ2v) is 12.3. The lowest BCUT2D eigenvalue weighted by Crippen LogP contribution is -2.47. The Hall–Kier alpha value is -1.48. The molecule has 0 aromatic rings. The number of carbonyl (C=O) groups excluding carboxylic acids is 3. The standard InChI is InChI=1S/C20H37NO7S/c1-18(2,3)15(22)11-14(12-27-16(23)19(4,5)6)21(29(10,25)26)13-28-17(24)20(7,8)9/h14H,11-13H2,1-10H3. The van der Waals surface area contributed by atoms with Crippen LogP contribution in [0, 0.1) is 16.2 Å². The molecule has 0 radical (unpaired) electrons. The maximum Gasteiger partial charge on any atom is 0.312 e. The van der Waals surface area contributed by atoms with Crippen molar-refractivity contribution in [2.75, 3.05) is 19.6 Å². The quantitative estimate of drug-likeness (QED) is 0.426. The summed E-state index contributed by atoms with van der Waals surface area (Å²) in [6, 6.07) is -0.990. The maximum absolute atomic E-state index is 12.6. The molecule has 0 aliphatic heterocycles. The topological polar surface area (TPSA) is 107 Å². The van der Waals surface area contributed by atoms with Gasteiger partial charge in [0.2, 0.25) is 10.0 Å². The van der Waals surface area contributed by atoms with E-state index in [2.05, 4.69) is 0 Å². The first-order valence-electron chi connectivity index (χ1n) is 9.52. The largest absolute Gasteiger partial charge is 0.464 e. The number of Topliss-reactive ketones (excluding diaryl/α,β-unsaturated/α-hetero) is 1. The predicted octanol–water partition coefficient (Wildman–Crippen LogP) is 2.76. The Morgan fingerprint density at radius 3 is 1.55 bits per heavy atom. The number of hydrogen-bond acceptors (Lipinski definition) is 7. The SMILES string of the molecule is CC(C)(C)C(=O)CC(COC(=O)C(C)(C)C)N(COC(=O)C(C)(C)C)S(C)(=O)=O. The van der Waals surface area contributed by atoms with Crippen LogP contribution in [0.4, 0.5) is 0 Å². The molecule has 1 atom stereocenters. The molecule has 0 spiro atoms. The summed E-state index contributed by atoms with van der Waals surface area (Å²) in [5.74, 6) is -1.31. The van der Waals surface area contributed by atoms with Crippen LogP contribution in [0.5, 0.6) is 0 Å². The number of carbonyl (C=O) groups is 3. The summed E-state index contributed by atoms with van der Waals surface area (Å²) >= 11 is 0. The van der Waals surface area contributed by atoms with Crippen LogP contribution in [0.1, 0.15) is 68.7 Å². The second kappa shape index (κ2) is 9.55. The molecule has 0 saturated carbocycles. The zero-order valence-corrected chi connectivity index (χ0v) is 20.2. The Bertz CT molecular complexity index is 707. The normalized spacial score (nSPS) is 14.4. The number of nitrogens with zero attached hydrogens (tertiary/aromatic N) is 1. The summed E-state index contributed by atoms with van der Waals surface area (Å²) in [4.78, 5) is 36.8. The average Bonchev–Trinajstić information content (AvgIpc) is 2.47. The minimum atomic E-state index is -3.87. The number of hydrogen-bond donors (Lipinski definition) is 0. The number of ketones is 1. The van der Waals surface area contributed by atoms with Gasteiger partial charge in [0.25, 0.3) is 0 Å². The van der Waals surface area contributed by atoms with E-state index < -0.39 is 51.0 Å². The van der Waals surface area contributed by atoms with Crippen molar-refractivity contribution in [2.24, 2.45) is 16.2 Å². The molecule has 9 heteroatoms. The molecular weight excluding hydrogens is 398 g/mol. The molecule has 0 aromatic heterocycles. The van der Waals surface area contributed by atoms with E-state index in [0.717, 1.165) is 10.6 Å². The highest BCUT2D eigenvalue weighted by molar-refractivity contribution is 7.88. The molecule has 0 saturated heterocycles. The van der Waals surface area contributed by atoms with Crippen molar-refractivity contribution >= 4 is 27.7 Å². The fourth-order valence-corrected chi connectivity index (χ4v) is 2.88. The molecule has 0 aromatic carbocycles. The van der Waals surface area contributed by atoms with Crippen molar-refractivity contribution in [1.82, 2.24) is 4.31 Å². The molecule has 0 aliphatic carbocycles. The number of rotatable bonds is 8. The van der Waals surface area contributed by atoms with E-state index in [1.54, 1.807) is 62.3 Å². The third kappa shape index (κ3) is 9.71. The Kier molecular flexibility index (Phi) is 9.07. The molecule has 0 rings (SSSR count). The average molecular weight is 436 g/mol. The Labute approximate surface area is 175 Å². The molecule has 0 N–H and O–H groups in total. The minimum Gasteiger partial charge on any atom is -0.464 e. The molecule has 8 nitrogen and oxygen atoms in total. The van der Waals surface area contributed by atoms with E-state index in [1.165, 1.54) is 0 Å². The van der Waals surface area contributed by atoms with Gasteiger partial charge in [0.1, 0.15) is 12.4 Å². The fraction of sp³-hybridized carbons (Fsp3) is 0.850. The molecule has 0 heterocycles. The summed E-state index contributed by atoms with van der Waals surface area (Å²) in [5, 5.41) is 0. The summed E-state index contributed by atoms with van der Waals surface area (Å²) in [7, 11) is -3.87. The van der Waals surface area contributed by atoms with Crippen molar-refractivity contribution in [2.45, 2.75) is 74.8 Å². The van der Waals surface area contributed by atoms with Crippen LogP contribution in [0.3, 0.4) is 0 Å².